The van der Waals surface area contributed by atoms with Gasteiger partial charge in [-0.1, -0.05) is 18.0 Å². The van der Waals surface area contributed by atoms with Gasteiger partial charge in [-0.15, -0.1) is 24.0 Å². The van der Waals surface area contributed by atoms with Crippen LogP contribution in [0.25, 0.3) is 0 Å². The molecule has 0 aliphatic carbocycles. The Morgan fingerprint density at radius 1 is 1.23 bits per heavy atom. The van der Waals surface area contributed by atoms with E-state index in [9.17, 15) is 13.2 Å². The van der Waals surface area contributed by atoms with Crippen molar-refractivity contribution in [2.75, 3.05) is 46.4 Å². The molecule has 1 N–H and O–H groups in total. The number of unbranched alkanes of at least 4 members (excludes halogenated alkanes) is 3. The first-order chi connectivity index (χ1) is 14.5. The van der Waals surface area contributed by atoms with Crippen LogP contribution in [0.5, 0.6) is 0 Å². The summed E-state index contributed by atoms with van der Waals surface area (Å²) in [5, 5.41) is 7.03. The summed E-state index contributed by atoms with van der Waals surface area (Å²) in [6.45, 7) is 5.02. The van der Waals surface area contributed by atoms with Crippen molar-refractivity contribution in [2.45, 2.75) is 44.8 Å². The molecule has 0 radical (unpaired) electrons. The zero-order valence-corrected chi connectivity index (χ0v) is 21.4. The van der Waals surface area contributed by atoms with Crippen LogP contribution in [0.2, 0.25) is 0 Å². The first-order valence-corrected chi connectivity index (χ1v) is 12.1. The van der Waals surface area contributed by atoms with Gasteiger partial charge in [0, 0.05) is 52.3 Å². The van der Waals surface area contributed by atoms with E-state index in [1.807, 2.05) is 6.92 Å². The van der Waals surface area contributed by atoms with Gasteiger partial charge in [-0.25, -0.2) is 8.42 Å². The Kier molecular flexibility index (Phi) is 13.0. The van der Waals surface area contributed by atoms with Crippen LogP contribution in [0.1, 0.15) is 44.7 Å². The summed E-state index contributed by atoms with van der Waals surface area (Å²) in [7, 11) is -1.68. The van der Waals surface area contributed by atoms with Gasteiger partial charge in [0.05, 0.1) is 12.3 Å². The van der Waals surface area contributed by atoms with E-state index in [2.05, 4.69) is 20.4 Å². The molecule has 0 bridgehead atoms. The van der Waals surface area contributed by atoms with Crippen molar-refractivity contribution in [3.8, 4) is 0 Å². The lowest BCUT2D eigenvalue weighted by atomic mass is 10.1. The van der Waals surface area contributed by atoms with E-state index >= 15 is 0 Å². The minimum absolute atomic E-state index is 0. The summed E-state index contributed by atoms with van der Waals surface area (Å²) in [6, 6.07) is 1.57. The minimum atomic E-state index is -3.41. The Morgan fingerprint density at radius 2 is 1.94 bits per heavy atom. The molecular weight excluding hydrogens is 537 g/mol. The average molecular weight is 571 g/mol. The zero-order chi connectivity index (χ0) is 21.8. The first-order valence-electron chi connectivity index (χ1n) is 10.4. The predicted octanol–water partition coefficient (Wildman–Crippen LogP) is 1.83. The van der Waals surface area contributed by atoms with E-state index in [0.717, 1.165) is 38.2 Å². The second-order valence-corrected chi connectivity index (χ2v) is 9.05. The number of carbonyl (C=O) groups is 1. The number of carbonyl (C=O) groups excluding carboxylic acids is 1. The molecule has 0 saturated carbocycles. The molecule has 2 heterocycles. The van der Waals surface area contributed by atoms with Crippen LogP contribution >= 0.6 is 24.0 Å². The molecule has 1 aliphatic heterocycles. The van der Waals surface area contributed by atoms with Crippen molar-refractivity contribution in [1.82, 2.24) is 19.7 Å². The molecular formula is C19H34IN5O5S. The number of hydrogen-bond acceptors (Lipinski definition) is 7. The third-order valence-corrected chi connectivity index (χ3v) is 6.67. The summed E-state index contributed by atoms with van der Waals surface area (Å²) >= 11 is 0. The van der Waals surface area contributed by atoms with E-state index in [0.29, 0.717) is 44.9 Å². The maximum atomic E-state index is 12.5. The minimum Gasteiger partial charge on any atom is -0.466 e. The topological polar surface area (TPSA) is 117 Å². The van der Waals surface area contributed by atoms with Crippen LogP contribution in [-0.4, -0.2) is 81.1 Å². The maximum absolute atomic E-state index is 12.5. The largest absolute Gasteiger partial charge is 0.466 e. The second-order valence-electron chi connectivity index (χ2n) is 7.08. The van der Waals surface area contributed by atoms with Gasteiger partial charge in [0.15, 0.2) is 5.96 Å². The molecule has 2 rings (SSSR count). The van der Waals surface area contributed by atoms with Gasteiger partial charge in [0.25, 0.3) is 0 Å². The van der Waals surface area contributed by atoms with E-state index in [-0.39, 0.29) is 35.7 Å². The Balaban J connectivity index is 0.00000480. The van der Waals surface area contributed by atoms with Gasteiger partial charge in [-0.2, -0.15) is 4.31 Å². The number of aliphatic imine (C=N–C) groups is 1. The van der Waals surface area contributed by atoms with E-state index < -0.39 is 10.0 Å². The molecule has 10 nitrogen and oxygen atoms in total. The van der Waals surface area contributed by atoms with E-state index in [1.165, 1.54) is 10.6 Å². The molecule has 178 valence electrons. The Morgan fingerprint density at radius 3 is 2.55 bits per heavy atom. The monoisotopic (exact) mass is 571 g/mol. The highest BCUT2D eigenvalue weighted by molar-refractivity contribution is 14.0. The van der Waals surface area contributed by atoms with Crippen LogP contribution in [0.3, 0.4) is 0 Å². The van der Waals surface area contributed by atoms with Crippen LogP contribution in [-0.2, 0) is 25.3 Å². The molecule has 0 spiro atoms. The number of halogens is 1. The number of piperazine rings is 1. The molecule has 0 atom stereocenters. The average Bonchev–Trinajstić information content (AvgIpc) is 3.23. The lowest BCUT2D eigenvalue weighted by Gasteiger charge is -2.35. The summed E-state index contributed by atoms with van der Waals surface area (Å²) < 4.78 is 36.2. The molecule has 1 aromatic heterocycles. The summed E-state index contributed by atoms with van der Waals surface area (Å²) in [6.07, 6.45) is 5.69. The van der Waals surface area contributed by atoms with Gasteiger partial charge in [0.2, 0.25) is 10.0 Å². The molecule has 31 heavy (non-hydrogen) atoms. The lowest BCUT2D eigenvalue weighted by molar-refractivity contribution is -0.143. The fourth-order valence-corrected chi connectivity index (χ4v) is 4.71. The molecule has 1 saturated heterocycles. The summed E-state index contributed by atoms with van der Waals surface area (Å²) in [4.78, 5) is 17.7. The standard InChI is InChI=1S/C19H33N5O5S.HI/c1-3-28-18(25)8-6-4-5-7-10-21-19(20-2)23-11-13-24(14-12-23)30(26,27)16-17-9-15-29-22-17;/h9,15H,3-8,10-14,16H2,1-2H3,(H,20,21);1H. The molecule has 0 aromatic carbocycles. The molecule has 1 aromatic rings. The van der Waals surface area contributed by atoms with E-state index in [1.54, 1.807) is 13.1 Å². The van der Waals surface area contributed by atoms with Crippen LogP contribution in [0.15, 0.2) is 21.8 Å². The predicted molar refractivity (Wildman–Crippen MR) is 129 cm³/mol. The molecule has 0 unspecified atom stereocenters. The van der Waals surface area contributed by atoms with Crippen molar-refractivity contribution in [3.05, 3.63) is 18.0 Å². The molecule has 1 aliphatic rings. The van der Waals surface area contributed by atoms with E-state index in [4.69, 9.17) is 9.26 Å². The Labute approximate surface area is 201 Å². The Hall–Kier alpha value is -1.41. The van der Waals surface area contributed by atoms with Gasteiger partial charge in [-0.05, 0) is 19.8 Å². The van der Waals surface area contributed by atoms with Crippen LogP contribution in [0, 0.1) is 0 Å². The zero-order valence-electron chi connectivity index (χ0n) is 18.3. The number of sulfonamides is 1. The van der Waals surface area contributed by atoms with Gasteiger partial charge in [-0.3, -0.25) is 9.79 Å². The molecule has 0 amide bonds. The highest BCUT2D eigenvalue weighted by Gasteiger charge is 2.28. The van der Waals surface area contributed by atoms with Crippen LogP contribution in [0.4, 0.5) is 0 Å². The highest BCUT2D eigenvalue weighted by Crippen LogP contribution is 2.13. The fourth-order valence-electron chi connectivity index (χ4n) is 3.28. The highest BCUT2D eigenvalue weighted by atomic mass is 127. The van der Waals surface area contributed by atoms with Crippen molar-refractivity contribution in [1.29, 1.82) is 0 Å². The van der Waals surface area contributed by atoms with Crippen molar-refractivity contribution in [2.24, 2.45) is 4.99 Å². The number of nitrogens with one attached hydrogen (secondary N) is 1. The molecule has 1 fully saturated rings. The normalized spacial score (nSPS) is 15.4. The third-order valence-electron chi connectivity index (χ3n) is 4.86. The number of rotatable bonds is 11. The lowest BCUT2D eigenvalue weighted by Crippen LogP contribution is -2.54. The van der Waals surface area contributed by atoms with Crippen molar-refractivity contribution < 1.29 is 22.5 Å². The van der Waals surface area contributed by atoms with Crippen LogP contribution < -0.4 is 5.32 Å². The maximum Gasteiger partial charge on any atom is 0.305 e. The van der Waals surface area contributed by atoms with Crippen molar-refractivity contribution in [3.63, 3.8) is 0 Å². The van der Waals surface area contributed by atoms with Crippen molar-refractivity contribution >= 4 is 45.9 Å². The number of ether oxygens (including phenoxy) is 1. The quantitative estimate of drug-likeness (QED) is 0.141. The number of guanidine groups is 1. The summed E-state index contributed by atoms with van der Waals surface area (Å²) in [5.74, 6) is 0.514. The van der Waals surface area contributed by atoms with Gasteiger partial charge >= 0.3 is 5.97 Å². The SMILES string of the molecule is CCOC(=O)CCCCCCNC(=NC)N1CCN(S(=O)(=O)Cc2ccon2)CC1.I. The van der Waals surface area contributed by atoms with Gasteiger partial charge < -0.3 is 19.5 Å². The molecule has 12 heteroatoms. The summed E-state index contributed by atoms with van der Waals surface area (Å²) in [5.41, 5.74) is 0.414. The fraction of sp³-hybridized carbons (Fsp3) is 0.737. The first kappa shape index (κ1) is 27.6. The number of esters is 1. The Bertz CT molecular complexity index is 765. The smallest absolute Gasteiger partial charge is 0.305 e. The number of nitrogens with zero attached hydrogens (tertiary/aromatic N) is 4. The van der Waals surface area contributed by atoms with Gasteiger partial charge in [0.1, 0.15) is 12.0 Å². The second kappa shape index (κ2) is 14.6. The third kappa shape index (κ3) is 9.73. The number of aromatic nitrogens is 1. The number of hydrogen-bond donors (Lipinski definition) is 1.